The number of carbonyl (C=O) groups excluding carboxylic acids is 5. The van der Waals surface area contributed by atoms with Crippen molar-refractivity contribution in [2.24, 2.45) is 0 Å². The second-order valence-electron chi connectivity index (χ2n) is 15.2. The number of aldehydes is 1. The Balaban J connectivity index is 0.000000621. The van der Waals surface area contributed by atoms with E-state index in [0.717, 1.165) is 72.5 Å². The second-order valence-corrected chi connectivity index (χ2v) is 15.7. The van der Waals surface area contributed by atoms with Gasteiger partial charge in [-0.05, 0) is 76.9 Å². The van der Waals surface area contributed by atoms with E-state index in [-0.39, 0.29) is 94.9 Å². The summed E-state index contributed by atoms with van der Waals surface area (Å²) in [7, 11) is 0. The van der Waals surface area contributed by atoms with Crippen molar-refractivity contribution in [1.82, 2.24) is 10.6 Å². The number of hydrogen-bond acceptors (Lipinski definition) is 7. The van der Waals surface area contributed by atoms with Crippen molar-refractivity contribution in [2.75, 3.05) is 84.0 Å². The van der Waals surface area contributed by atoms with E-state index in [1.165, 1.54) is 12.1 Å². The molecule has 2 amide bonds. The maximum absolute atomic E-state index is 12.6. The van der Waals surface area contributed by atoms with Gasteiger partial charge in [0.25, 0.3) is 11.8 Å². The molecule has 0 aliphatic rings. The van der Waals surface area contributed by atoms with Gasteiger partial charge in [0.15, 0.2) is 12.1 Å². The molecule has 0 aromatic heterocycles. The molecule has 0 aliphatic carbocycles. The van der Waals surface area contributed by atoms with Gasteiger partial charge in [0, 0.05) is 35.3 Å². The Hall–Kier alpha value is -3.39. The minimum absolute atomic E-state index is 0. The predicted molar refractivity (Wildman–Crippen MR) is 250 cm³/mol. The fourth-order valence-corrected chi connectivity index (χ4v) is 7.59. The molecule has 4 rings (SSSR count). The highest BCUT2D eigenvalue weighted by atomic mass is 127. The number of quaternary nitrogens is 2. The van der Waals surface area contributed by atoms with Crippen LogP contribution in [-0.4, -0.2) is 123 Å². The summed E-state index contributed by atoms with van der Waals surface area (Å²) >= 11 is 3.16. The zero-order valence-electron chi connectivity index (χ0n) is 38.2. The summed E-state index contributed by atoms with van der Waals surface area (Å²) in [6.07, 6.45) is -0.208. The van der Waals surface area contributed by atoms with E-state index in [1.807, 2.05) is 60.7 Å². The Kier molecular flexibility index (Phi) is 28.9. The molecule has 0 spiro atoms. The number of nitrogens with one attached hydrogen (secondary N) is 2. The van der Waals surface area contributed by atoms with Gasteiger partial charge in [0.2, 0.25) is 5.78 Å². The predicted octanol–water partition coefficient (Wildman–Crippen LogP) is 2.07. The summed E-state index contributed by atoms with van der Waals surface area (Å²) < 4.78 is 14.5. The number of hydrogen-bond donors (Lipinski definition) is 2. The summed E-state index contributed by atoms with van der Waals surface area (Å²) in [6.45, 7) is 23.5. The van der Waals surface area contributed by atoms with Crippen LogP contribution in [0.5, 0.6) is 0 Å². The molecule has 2 N–H and O–H groups in total. The van der Waals surface area contributed by atoms with Crippen LogP contribution in [-0.2, 0) is 14.3 Å². The van der Waals surface area contributed by atoms with Crippen molar-refractivity contribution in [3.8, 4) is 0 Å². The van der Waals surface area contributed by atoms with Crippen LogP contribution in [0.1, 0.15) is 106 Å². The average molecular weight is 1170 g/mol. The van der Waals surface area contributed by atoms with Gasteiger partial charge < -0.3 is 77.0 Å². The molecule has 4 aromatic rings. The zero-order chi connectivity index (χ0) is 45.4. The van der Waals surface area contributed by atoms with E-state index in [0.29, 0.717) is 43.0 Å². The van der Waals surface area contributed by atoms with Gasteiger partial charge in [-0.2, -0.15) is 0 Å². The Morgan fingerprint density at radius 3 is 1.17 bits per heavy atom. The van der Waals surface area contributed by atoms with Crippen LogP contribution < -0.4 is 58.6 Å². The molecule has 0 heterocycles. The molecule has 11 nitrogen and oxygen atoms in total. The third kappa shape index (κ3) is 18.5. The highest BCUT2D eigenvalue weighted by Gasteiger charge is 2.24. The Morgan fingerprint density at radius 2 is 0.859 bits per heavy atom. The molecule has 350 valence electrons. The lowest BCUT2D eigenvalue weighted by Crippen LogP contribution is -3.00. The molecule has 14 heteroatoms. The molecule has 4 aromatic carbocycles. The standard InChI is InChI=1S/C25H33BrN2O3.C25H32N2O4.2HI/c1-4-28(5-2,6-3)16-17-31-24(21-10-8-7-9-11-21)19-27-25(30)22-14-12-20(13-15-22)23(29)18-26;1-4-27(5-2,6-3)16-17-31-24(21-10-8-7-9-11-21)18-26-25(30)22-14-12-20(13-15-22)23(29)19-28;;/h7-15,24H,4-6,16-19H2,1-3H3;7-15,19,24H,4-6,16-18H2,1-3H3;2*1H. The van der Waals surface area contributed by atoms with Crippen LogP contribution >= 0.6 is 15.9 Å². The van der Waals surface area contributed by atoms with Crippen molar-refractivity contribution in [3.63, 3.8) is 0 Å². The highest BCUT2D eigenvalue weighted by Crippen LogP contribution is 2.20. The Morgan fingerprint density at radius 1 is 0.531 bits per heavy atom. The number of halogens is 3. The van der Waals surface area contributed by atoms with Gasteiger partial charge in [-0.3, -0.25) is 24.0 Å². The molecule has 0 aliphatic heterocycles. The van der Waals surface area contributed by atoms with Gasteiger partial charge in [-0.1, -0.05) is 101 Å². The molecule has 64 heavy (non-hydrogen) atoms. The number of rotatable bonds is 26. The lowest BCUT2D eigenvalue weighted by Gasteiger charge is -2.36. The van der Waals surface area contributed by atoms with Crippen molar-refractivity contribution in [3.05, 3.63) is 143 Å². The number of alkyl halides is 1. The first-order valence-corrected chi connectivity index (χ1v) is 23.0. The first kappa shape index (κ1) is 58.6. The molecule has 0 fully saturated rings. The lowest BCUT2D eigenvalue weighted by molar-refractivity contribution is -0.923. The van der Waals surface area contributed by atoms with E-state index in [1.54, 1.807) is 36.4 Å². The largest absolute Gasteiger partial charge is 1.00 e. The van der Waals surface area contributed by atoms with Gasteiger partial charge in [-0.25, -0.2) is 0 Å². The first-order chi connectivity index (χ1) is 30.0. The summed E-state index contributed by atoms with van der Waals surface area (Å²) in [4.78, 5) is 59.0. The highest BCUT2D eigenvalue weighted by molar-refractivity contribution is 9.09. The van der Waals surface area contributed by atoms with Crippen LogP contribution in [0.15, 0.2) is 109 Å². The maximum atomic E-state index is 12.6. The van der Waals surface area contributed by atoms with Crippen LogP contribution in [0, 0.1) is 0 Å². The summed E-state index contributed by atoms with van der Waals surface area (Å²) in [5.41, 5.74) is 3.86. The third-order valence-corrected chi connectivity index (χ3v) is 12.7. The lowest BCUT2D eigenvalue weighted by atomic mass is 10.1. The van der Waals surface area contributed by atoms with Gasteiger partial charge >= 0.3 is 0 Å². The fourth-order valence-electron chi connectivity index (χ4n) is 7.26. The minimum atomic E-state index is -0.606. The van der Waals surface area contributed by atoms with Crippen molar-refractivity contribution in [1.29, 1.82) is 0 Å². The van der Waals surface area contributed by atoms with Crippen LogP contribution in [0.25, 0.3) is 0 Å². The smallest absolute Gasteiger partial charge is 0.251 e. The molecule has 0 bridgehead atoms. The minimum Gasteiger partial charge on any atom is -1.00 e. The number of likely N-dealkylation sites (N-methyl/N-ethyl adjacent to an activating group) is 2. The maximum Gasteiger partial charge on any atom is 0.251 e. The normalized spacial score (nSPS) is 11.9. The van der Waals surface area contributed by atoms with Crippen LogP contribution in [0.4, 0.5) is 0 Å². The fraction of sp³-hybridized carbons (Fsp3) is 0.420. The molecule has 0 radical (unpaired) electrons. The van der Waals surface area contributed by atoms with Crippen LogP contribution in [0.3, 0.4) is 0 Å². The number of carbonyl (C=O) groups is 5. The number of benzene rings is 4. The summed E-state index contributed by atoms with van der Waals surface area (Å²) in [5.74, 6) is -1.05. The monoisotopic (exact) mass is 1170 g/mol. The van der Waals surface area contributed by atoms with E-state index in [2.05, 4.69) is 68.1 Å². The van der Waals surface area contributed by atoms with E-state index in [9.17, 15) is 24.0 Å². The first-order valence-electron chi connectivity index (χ1n) is 21.8. The van der Waals surface area contributed by atoms with E-state index >= 15 is 0 Å². The quantitative estimate of drug-likeness (QED) is 0.0247. The molecular formula is C50H67BrI2N4O7. The van der Waals surface area contributed by atoms with Gasteiger partial charge in [0.1, 0.15) is 25.3 Å². The van der Waals surface area contributed by atoms with Crippen LogP contribution in [0.2, 0.25) is 0 Å². The third-order valence-electron chi connectivity index (χ3n) is 12.2. The molecule has 2 unspecified atom stereocenters. The van der Waals surface area contributed by atoms with Crippen molar-refractivity contribution in [2.45, 2.75) is 53.8 Å². The summed E-state index contributed by atoms with van der Waals surface area (Å²) in [5, 5.41) is 6.18. The number of ether oxygens (including phenoxy) is 2. The molecular weight excluding hydrogens is 1100 g/mol. The van der Waals surface area contributed by atoms with Crippen molar-refractivity contribution < 1.29 is 90.4 Å². The number of ketones is 2. The Bertz CT molecular complexity index is 1950. The van der Waals surface area contributed by atoms with Gasteiger partial charge in [0.05, 0.1) is 57.8 Å². The van der Waals surface area contributed by atoms with Gasteiger partial charge in [-0.15, -0.1) is 0 Å². The number of nitrogens with zero attached hydrogens (tertiary/aromatic N) is 2. The average Bonchev–Trinajstić information content (AvgIpc) is 3.34. The number of Topliss-reactive ketones (excluding diaryl/α,β-unsaturated/α-hetero) is 2. The zero-order valence-corrected chi connectivity index (χ0v) is 44.1. The molecule has 0 saturated heterocycles. The van der Waals surface area contributed by atoms with Crippen molar-refractivity contribution >= 4 is 45.6 Å². The Labute approximate surface area is 423 Å². The van der Waals surface area contributed by atoms with E-state index < -0.39 is 5.78 Å². The molecule has 2 atom stereocenters. The summed E-state index contributed by atoms with van der Waals surface area (Å²) in [6, 6.07) is 32.6. The van der Waals surface area contributed by atoms with E-state index in [4.69, 9.17) is 9.47 Å². The SMILES string of the molecule is CC[N+](CC)(CC)CCOC(CNC(=O)c1ccc(C(=O)C=O)cc1)c1ccccc1.CC[N+](CC)(CC)CCOC(CNC(=O)c1ccc(C(=O)CBr)cc1)c1ccccc1.[I-].[I-]. The topological polar surface area (TPSA) is 128 Å². The second kappa shape index (κ2) is 31.5. The number of amides is 2. The molecule has 0 saturated carbocycles.